The molecule has 2 aromatic carbocycles. The van der Waals surface area contributed by atoms with E-state index in [-0.39, 0.29) is 18.1 Å². The van der Waals surface area contributed by atoms with Crippen molar-refractivity contribution in [2.45, 2.75) is 38.8 Å². The normalized spacial score (nSPS) is 13.6. The number of phenols is 1. The Morgan fingerprint density at radius 2 is 1.84 bits per heavy atom. The summed E-state index contributed by atoms with van der Waals surface area (Å²) in [7, 11) is 1.55. The highest BCUT2D eigenvalue weighted by atomic mass is 16.4. The third-order valence-corrected chi connectivity index (χ3v) is 5.18. The van der Waals surface area contributed by atoms with E-state index < -0.39 is 23.8 Å². The highest BCUT2D eigenvalue weighted by Gasteiger charge is 2.33. The van der Waals surface area contributed by atoms with Crippen LogP contribution in [-0.2, 0) is 4.79 Å². The number of Topliss-reactive ketones (excluding diaryl/α,β-unsaturated/α-hetero) is 1. The van der Waals surface area contributed by atoms with E-state index in [1.54, 1.807) is 56.4 Å². The molecule has 0 aliphatic rings. The third-order valence-electron chi connectivity index (χ3n) is 5.18. The largest absolute Gasteiger partial charge is 0.507 e. The Balaban J connectivity index is 1.80. The first-order valence-corrected chi connectivity index (χ1v) is 10.4. The summed E-state index contributed by atoms with van der Waals surface area (Å²) in [5, 5.41) is 14.1. The van der Waals surface area contributed by atoms with Crippen LogP contribution < -0.4 is 11.2 Å². The maximum absolute atomic E-state index is 13.2. The third kappa shape index (κ3) is 4.62. The molecular formula is C23H27N5O4. The van der Waals surface area contributed by atoms with Crippen LogP contribution in [-0.4, -0.2) is 51.8 Å². The summed E-state index contributed by atoms with van der Waals surface area (Å²) in [4.78, 5) is 34.6. The van der Waals surface area contributed by atoms with Crippen molar-refractivity contribution in [1.82, 2.24) is 15.3 Å². The van der Waals surface area contributed by atoms with Gasteiger partial charge in [0.25, 0.3) is 11.8 Å². The van der Waals surface area contributed by atoms with Gasteiger partial charge in [0.1, 0.15) is 29.2 Å². The standard InChI is InChI=1S/C23H27N5O4/c1-4-15(26-21(25-3)14-10-6-8-12-18(14)29)23(31)28(24)17(5-2)20(30)22-27-16-11-7-9-13-19(16)32-22/h6-13,15,17,29H,4-5,24H2,1-3H3,(H,25,26)/t15-,17-/m0/s1. The predicted molar refractivity (Wildman–Crippen MR) is 121 cm³/mol. The fourth-order valence-electron chi connectivity index (χ4n) is 3.40. The summed E-state index contributed by atoms with van der Waals surface area (Å²) < 4.78 is 5.57. The first-order chi connectivity index (χ1) is 15.4. The molecule has 0 spiro atoms. The van der Waals surface area contributed by atoms with Crippen LogP contribution in [0, 0.1) is 0 Å². The zero-order valence-electron chi connectivity index (χ0n) is 18.3. The molecule has 0 bridgehead atoms. The van der Waals surface area contributed by atoms with Crippen molar-refractivity contribution in [3.63, 3.8) is 0 Å². The van der Waals surface area contributed by atoms with Crippen LogP contribution in [0.5, 0.6) is 5.75 Å². The molecule has 0 radical (unpaired) electrons. The van der Waals surface area contributed by atoms with Gasteiger partial charge in [0.05, 0.1) is 5.56 Å². The number of ketones is 1. The summed E-state index contributed by atoms with van der Waals surface area (Å²) in [6, 6.07) is 12.0. The number of amides is 1. The Labute approximate surface area is 185 Å². The highest BCUT2D eigenvalue weighted by molar-refractivity contribution is 6.04. The number of carbonyl (C=O) groups excluding carboxylic acids is 2. The Hall–Kier alpha value is -3.72. The second-order valence-electron chi connectivity index (χ2n) is 7.22. The minimum atomic E-state index is -0.946. The van der Waals surface area contributed by atoms with Gasteiger partial charge in [-0.05, 0) is 37.1 Å². The second kappa shape index (κ2) is 10.1. The van der Waals surface area contributed by atoms with Crippen molar-refractivity contribution in [2.75, 3.05) is 7.05 Å². The molecule has 4 N–H and O–H groups in total. The van der Waals surface area contributed by atoms with E-state index in [0.717, 1.165) is 5.01 Å². The summed E-state index contributed by atoms with van der Waals surface area (Å²) in [6.07, 6.45) is 0.664. The number of benzene rings is 2. The molecule has 1 amide bonds. The molecule has 3 rings (SSSR count). The van der Waals surface area contributed by atoms with Crippen molar-refractivity contribution in [3.05, 3.63) is 60.0 Å². The van der Waals surface area contributed by atoms with E-state index in [9.17, 15) is 14.7 Å². The molecule has 0 saturated heterocycles. The number of fused-ring (bicyclic) bond motifs is 1. The van der Waals surface area contributed by atoms with Crippen LogP contribution in [0.3, 0.4) is 0 Å². The van der Waals surface area contributed by atoms with Crippen LogP contribution >= 0.6 is 0 Å². The van der Waals surface area contributed by atoms with Gasteiger partial charge in [-0.15, -0.1) is 0 Å². The minimum Gasteiger partial charge on any atom is -0.507 e. The average molecular weight is 438 g/mol. The van der Waals surface area contributed by atoms with Gasteiger partial charge in [-0.2, -0.15) is 0 Å². The molecule has 9 nitrogen and oxygen atoms in total. The van der Waals surface area contributed by atoms with E-state index in [1.807, 2.05) is 6.92 Å². The quantitative estimate of drug-likeness (QED) is 0.123. The molecular weight excluding hydrogens is 410 g/mol. The van der Waals surface area contributed by atoms with Gasteiger partial charge in [0.15, 0.2) is 5.58 Å². The van der Waals surface area contributed by atoms with Crippen molar-refractivity contribution >= 4 is 28.6 Å². The van der Waals surface area contributed by atoms with Crippen molar-refractivity contribution < 1.29 is 19.1 Å². The number of nitrogens with zero attached hydrogens (tertiary/aromatic N) is 3. The maximum Gasteiger partial charge on any atom is 0.266 e. The molecule has 32 heavy (non-hydrogen) atoms. The number of rotatable bonds is 8. The number of hydrogen-bond acceptors (Lipinski definition) is 7. The number of para-hydroxylation sites is 3. The topological polar surface area (TPSA) is 134 Å². The SMILES string of the molecule is CC[C@H](NC(=NC)c1ccccc1O)C(=O)N(N)[C@@H](CC)C(=O)c1nc2ccccc2o1. The van der Waals surface area contributed by atoms with E-state index in [1.165, 1.54) is 6.07 Å². The molecule has 0 saturated carbocycles. The number of nitrogens with two attached hydrogens (primary N) is 1. The number of oxazole rings is 1. The van der Waals surface area contributed by atoms with Gasteiger partial charge < -0.3 is 14.8 Å². The fraction of sp³-hybridized carbons (Fsp3) is 0.304. The van der Waals surface area contributed by atoms with E-state index in [0.29, 0.717) is 28.9 Å². The van der Waals surface area contributed by atoms with Gasteiger partial charge in [0.2, 0.25) is 5.78 Å². The monoisotopic (exact) mass is 437 g/mol. The number of hydrogen-bond donors (Lipinski definition) is 3. The van der Waals surface area contributed by atoms with Crippen molar-refractivity contribution in [3.8, 4) is 5.75 Å². The number of aliphatic imine (C=N–C) groups is 1. The van der Waals surface area contributed by atoms with Crippen molar-refractivity contribution in [1.29, 1.82) is 0 Å². The van der Waals surface area contributed by atoms with E-state index in [2.05, 4.69) is 15.3 Å². The number of aromatic hydroxyl groups is 1. The summed E-state index contributed by atoms with van der Waals surface area (Å²) in [6.45, 7) is 3.57. The molecule has 2 atom stereocenters. The van der Waals surface area contributed by atoms with Crippen molar-refractivity contribution in [2.24, 2.45) is 10.8 Å². The average Bonchev–Trinajstić information content (AvgIpc) is 3.25. The number of phenolic OH excluding ortho intramolecular Hbond substituents is 1. The Morgan fingerprint density at radius 1 is 1.16 bits per heavy atom. The first kappa shape index (κ1) is 23.0. The first-order valence-electron chi connectivity index (χ1n) is 10.4. The maximum atomic E-state index is 13.2. The molecule has 0 aliphatic heterocycles. The summed E-state index contributed by atoms with van der Waals surface area (Å²) >= 11 is 0. The van der Waals surface area contributed by atoms with Gasteiger partial charge in [-0.3, -0.25) is 19.6 Å². The van der Waals surface area contributed by atoms with Gasteiger partial charge in [0, 0.05) is 7.05 Å². The second-order valence-corrected chi connectivity index (χ2v) is 7.22. The molecule has 0 fully saturated rings. The van der Waals surface area contributed by atoms with Crippen LogP contribution in [0.2, 0.25) is 0 Å². The van der Waals surface area contributed by atoms with Crippen LogP contribution in [0.15, 0.2) is 57.9 Å². The predicted octanol–water partition coefficient (Wildman–Crippen LogP) is 2.64. The summed E-state index contributed by atoms with van der Waals surface area (Å²) in [5.74, 6) is 5.46. The molecule has 1 heterocycles. The molecule has 3 aromatic rings. The lowest BCUT2D eigenvalue weighted by Gasteiger charge is -2.29. The smallest absolute Gasteiger partial charge is 0.266 e. The lowest BCUT2D eigenvalue weighted by atomic mass is 10.1. The zero-order chi connectivity index (χ0) is 23.3. The fourth-order valence-corrected chi connectivity index (χ4v) is 3.40. The Bertz CT molecular complexity index is 1110. The number of aromatic nitrogens is 1. The highest BCUT2D eigenvalue weighted by Crippen LogP contribution is 2.19. The Kier molecular flexibility index (Phi) is 7.21. The zero-order valence-corrected chi connectivity index (χ0v) is 18.3. The Morgan fingerprint density at radius 3 is 2.47 bits per heavy atom. The van der Waals surface area contributed by atoms with Crippen LogP contribution in [0.1, 0.15) is 42.9 Å². The van der Waals surface area contributed by atoms with Crippen LogP contribution in [0.25, 0.3) is 11.1 Å². The van der Waals surface area contributed by atoms with E-state index in [4.69, 9.17) is 10.3 Å². The van der Waals surface area contributed by atoms with Gasteiger partial charge in [-0.25, -0.2) is 10.8 Å². The summed E-state index contributed by atoms with van der Waals surface area (Å²) in [5.41, 5.74) is 1.50. The lowest BCUT2D eigenvalue weighted by Crippen LogP contribution is -2.56. The number of amidine groups is 1. The van der Waals surface area contributed by atoms with Gasteiger partial charge in [-0.1, -0.05) is 38.1 Å². The number of hydrazine groups is 1. The van der Waals surface area contributed by atoms with Gasteiger partial charge >= 0.3 is 0 Å². The molecule has 1 aromatic heterocycles. The molecule has 0 aliphatic carbocycles. The molecule has 168 valence electrons. The van der Waals surface area contributed by atoms with E-state index >= 15 is 0 Å². The minimum absolute atomic E-state index is 0.0325. The molecule has 0 unspecified atom stereocenters. The lowest BCUT2D eigenvalue weighted by molar-refractivity contribution is -0.135. The number of carbonyl (C=O) groups is 2. The number of nitrogens with one attached hydrogen (secondary N) is 1. The molecule has 9 heteroatoms. The van der Waals surface area contributed by atoms with Crippen LogP contribution in [0.4, 0.5) is 0 Å².